The minimum Gasteiger partial charge on any atom is -0.439 e. The molecule has 0 radical (unpaired) electrons. The van der Waals surface area contributed by atoms with E-state index in [1.807, 2.05) is 38.1 Å². The van der Waals surface area contributed by atoms with E-state index >= 15 is 0 Å². The second-order valence-electron chi connectivity index (χ2n) is 5.61. The van der Waals surface area contributed by atoms with Crippen LogP contribution in [0.15, 0.2) is 39.7 Å². The monoisotopic (exact) mass is 309 g/mol. The summed E-state index contributed by atoms with van der Waals surface area (Å²) in [5.74, 6) is 1.57. The van der Waals surface area contributed by atoms with Crippen LogP contribution in [0.4, 0.5) is 0 Å². The van der Waals surface area contributed by atoms with Crippen molar-refractivity contribution >= 4 is 0 Å². The molecule has 23 heavy (non-hydrogen) atoms. The van der Waals surface area contributed by atoms with Crippen LogP contribution in [0, 0.1) is 20.8 Å². The molecule has 0 saturated carbocycles. The lowest BCUT2D eigenvalue weighted by molar-refractivity contribution is 0.534. The fourth-order valence-corrected chi connectivity index (χ4v) is 2.45. The number of benzene rings is 1. The molecule has 5 heteroatoms. The SMILES string of the molecule is CCc1ccn(-c2nc(C)oc2-c2ccc(C)c(C)c2)c(=O)n1. The summed E-state index contributed by atoms with van der Waals surface area (Å²) in [5.41, 5.74) is 3.68. The van der Waals surface area contributed by atoms with Crippen LogP contribution in [0.5, 0.6) is 0 Å². The number of hydrogen-bond donors (Lipinski definition) is 0. The van der Waals surface area contributed by atoms with E-state index in [0.717, 1.165) is 23.2 Å². The van der Waals surface area contributed by atoms with Gasteiger partial charge in [0.05, 0.1) is 0 Å². The molecule has 118 valence electrons. The largest absolute Gasteiger partial charge is 0.439 e. The lowest BCUT2D eigenvalue weighted by Crippen LogP contribution is -2.22. The number of oxazole rings is 1. The molecule has 0 amide bonds. The molecule has 0 unspecified atom stereocenters. The van der Waals surface area contributed by atoms with Crippen molar-refractivity contribution in [2.24, 2.45) is 0 Å². The first-order valence-corrected chi connectivity index (χ1v) is 7.63. The molecule has 0 saturated heterocycles. The Kier molecular flexibility index (Phi) is 3.86. The maximum atomic E-state index is 12.3. The molecule has 0 bridgehead atoms. The number of nitrogens with zero attached hydrogens (tertiary/aromatic N) is 3. The van der Waals surface area contributed by atoms with Crippen molar-refractivity contribution in [2.75, 3.05) is 0 Å². The third kappa shape index (κ3) is 2.82. The molecule has 0 aliphatic heterocycles. The van der Waals surface area contributed by atoms with Crippen molar-refractivity contribution in [3.05, 3.63) is 63.7 Å². The Labute approximate surface area is 134 Å². The van der Waals surface area contributed by atoms with E-state index in [-0.39, 0.29) is 5.69 Å². The molecule has 2 heterocycles. The van der Waals surface area contributed by atoms with Crippen molar-refractivity contribution in [1.29, 1.82) is 0 Å². The summed E-state index contributed by atoms with van der Waals surface area (Å²) in [6, 6.07) is 7.88. The zero-order valence-corrected chi connectivity index (χ0v) is 13.8. The van der Waals surface area contributed by atoms with Crippen LogP contribution < -0.4 is 5.69 Å². The van der Waals surface area contributed by atoms with Gasteiger partial charge in [0.2, 0.25) is 0 Å². The van der Waals surface area contributed by atoms with Crippen molar-refractivity contribution in [2.45, 2.75) is 34.1 Å². The molecule has 0 spiro atoms. The molecule has 0 fully saturated rings. The summed E-state index contributed by atoms with van der Waals surface area (Å²) in [6.45, 7) is 7.84. The minimum atomic E-state index is -0.345. The van der Waals surface area contributed by atoms with E-state index in [9.17, 15) is 4.79 Å². The Hall–Kier alpha value is -2.69. The van der Waals surface area contributed by atoms with Gasteiger partial charge in [0, 0.05) is 24.4 Å². The second-order valence-corrected chi connectivity index (χ2v) is 5.61. The van der Waals surface area contributed by atoms with E-state index in [2.05, 4.69) is 16.9 Å². The fraction of sp³-hybridized carbons (Fsp3) is 0.278. The average molecular weight is 309 g/mol. The third-order valence-corrected chi connectivity index (χ3v) is 3.94. The van der Waals surface area contributed by atoms with E-state index < -0.39 is 0 Å². The van der Waals surface area contributed by atoms with Crippen LogP contribution in [0.2, 0.25) is 0 Å². The Morgan fingerprint density at radius 1 is 1.09 bits per heavy atom. The highest BCUT2D eigenvalue weighted by Gasteiger charge is 2.17. The van der Waals surface area contributed by atoms with Gasteiger partial charge in [-0.3, -0.25) is 0 Å². The minimum absolute atomic E-state index is 0.345. The lowest BCUT2D eigenvalue weighted by Gasteiger charge is -2.06. The molecule has 1 aromatic carbocycles. The van der Waals surface area contributed by atoms with Crippen LogP contribution in [-0.4, -0.2) is 14.5 Å². The molecule has 0 aliphatic rings. The number of hydrogen-bond acceptors (Lipinski definition) is 4. The second kappa shape index (κ2) is 5.83. The normalized spacial score (nSPS) is 11.0. The zero-order chi connectivity index (χ0) is 16.6. The molecular formula is C18H19N3O2. The topological polar surface area (TPSA) is 60.9 Å². The smallest absolute Gasteiger partial charge is 0.353 e. The van der Waals surface area contributed by atoms with Gasteiger partial charge in [0.15, 0.2) is 17.5 Å². The first kappa shape index (κ1) is 15.2. The molecular weight excluding hydrogens is 290 g/mol. The summed E-state index contributed by atoms with van der Waals surface area (Å²) in [5, 5.41) is 0. The van der Waals surface area contributed by atoms with Crippen molar-refractivity contribution < 1.29 is 4.42 Å². The summed E-state index contributed by atoms with van der Waals surface area (Å²) < 4.78 is 7.19. The molecule has 0 atom stereocenters. The van der Waals surface area contributed by atoms with Crippen LogP contribution in [0.1, 0.15) is 29.6 Å². The van der Waals surface area contributed by atoms with Crippen LogP contribution in [-0.2, 0) is 6.42 Å². The van der Waals surface area contributed by atoms with Crippen molar-refractivity contribution in [1.82, 2.24) is 14.5 Å². The average Bonchev–Trinajstić information content (AvgIpc) is 2.91. The summed E-state index contributed by atoms with van der Waals surface area (Å²) in [4.78, 5) is 20.7. The van der Waals surface area contributed by atoms with Gasteiger partial charge >= 0.3 is 5.69 Å². The van der Waals surface area contributed by atoms with Crippen LogP contribution in [0.25, 0.3) is 17.1 Å². The first-order valence-electron chi connectivity index (χ1n) is 7.63. The van der Waals surface area contributed by atoms with Gasteiger partial charge in [0.1, 0.15) is 0 Å². The highest BCUT2D eigenvalue weighted by molar-refractivity contribution is 5.66. The van der Waals surface area contributed by atoms with Gasteiger partial charge in [-0.1, -0.05) is 19.1 Å². The van der Waals surface area contributed by atoms with Gasteiger partial charge in [-0.25, -0.2) is 9.36 Å². The van der Waals surface area contributed by atoms with Crippen molar-refractivity contribution in [3.63, 3.8) is 0 Å². The standard InChI is InChI=1S/C18H19N3O2/c1-5-15-8-9-21(18(22)20-15)17-16(23-13(4)19-17)14-7-6-11(2)12(3)10-14/h6-10H,5H2,1-4H3. The number of aromatic nitrogens is 3. The zero-order valence-electron chi connectivity index (χ0n) is 13.8. The lowest BCUT2D eigenvalue weighted by atomic mass is 10.0. The Bertz CT molecular complexity index is 922. The summed E-state index contributed by atoms with van der Waals surface area (Å²) in [6.07, 6.45) is 2.42. The fourth-order valence-electron chi connectivity index (χ4n) is 2.45. The van der Waals surface area contributed by atoms with Crippen LogP contribution in [0.3, 0.4) is 0 Å². The Morgan fingerprint density at radius 2 is 1.87 bits per heavy atom. The molecule has 5 nitrogen and oxygen atoms in total. The van der Waals surface area contributed by atoms with Crippen molar-refractivity contribution in [3.8, 4) is 17.1 Å². The Morgan fingerprint density at radius 3 is 2.52 bits per heavy atom. The first-order chi connectivity index (χ1) is 11.0. The van der Waals surface area contributed by atoms with E-state index in [1.165, 1.54) is 10.1 Å². The predicted molar refractivity (Wildman–Crippen MR) is 88.9 cm³/mol. The highest BCUT2D eigenvalue weighted by Crippen LogP contribution is 2.28. The number of aryl methyl sites for hydroxylation is 4. The van der Waals surface area contributed by atoms with E-state index in [1.54, 1.807) is 13.1 Å². The summed E-state index contributed by atoms with van der Waals surface area (Å²) >= 11 is 0. The maximum Gasteiger partial charge on any atom is 0.353 e. The van der Waals surface area contributed by atoms with Gasteiger partial charge in [-0.2, -0.15) is 9.97 Å². The Balaban J connectivity index is 2.18. The van der Waals surface area contributed by atoms with Gasteiger partial charge in [0.25, 0.3) is 0 Å². The predicted octanol–water partition coefficient (Wildman–Crippen LogP) is 3.38. The van der Waals surface area contributed by atoms with E-state index in [0.29, 0.717) is 17.5 Å². The third-order valence-electron chi connectivity index (χ3n) is 3.94. The quantitative estimate of drug-likeness (QED) is 0.744. The molecule has 3 rings (SSSR count). The van der Waals surface area contributed by atoms with Gasteiger partial charge in [-0.15, -0.1) is 0 Å². The number of rotatable bonds is 3. The molecule has 0 aliphatic carbocycles. The summed E-state index contributed by atoms with van der Waals surface area (Å²) in [7, 11) is 0. The molecule has 2 aromatic heterocycles. The molecule has 3 aromatic rings. The van der Waals surface area contributed by atoms with E-state index in [4.69, 9.17) is 4.42 Å². The molecule has 0 N–H and O–H groups in total. The van der Waals surface area contributed by atoms with Gasteiger partial charge < -0.3 is 4.42 Å². The highest BCUT2D eigenvalue weighted by atomic mass is 16.4. The maximum absolute atomic E-state index is 12.3. The van der Waals surface area contributed by atoms with Gasteiger partial charge in [-0.05, 0) is 43.5 Å². The van der Waals surface area contributed by atoms with Crippen LogP contribution >= 0.6 is 0 Å².